The normalized spacial score (nSPS) is 13.7. The van der Waals surface area contributed by atoms with Crippen molar-refractivity contribution in [2.24, 2.45) is 0 Å². The quantitative estimate of drug-likeness (QED) is 0.711. The highest BCUT2D eigenvalue weighted by Gasteiger charge is 2.22. The highest BCUT2D eigenvalue weighted by Crippen LogP contribution is 2.36. The number of benzene rings is 2. The van der Waals surface area contributed by atoms with Crippen molar-refractivity contribution in [3.05, 3.63) is 46.5 Å². The van der Waals surface area contributed by atoms with Crippen LogP contribution in [0.2, 0.25) is 0 Å². The molecule has 1 aliphatic carbocycles. The van der Waals surface area contributed by atoms with Crippen molar-refractivity contribution < 1.29 is 4.79 Å². The van der Waals surface area contributed by atoms with Gasteiger partial charge in [0.15, 0.2) is 5.78 Å². The highest BCUT2D eigenvalue weighted by molar-refractivity contribution is 6.10. The molecule has 1 nitrogen and oxygen atoms in total. The second-order valence-electron chi connectivity index (χ2n) is 5.88. The van der Waals surface area contributed by atoms with Crippen molar-refractivity contribution in [1.82, 2.24) is 0 Å². The number of carbonyl (C=O) groups excluding carboxylic acids is 1. The van der Waals surface area contributed by atoms with Gasteiger partial charge in [0, 0.05) is 12.0 Å². The predicted molar refractivity (Wildman–Crippen MR) is 84.6 cm³/mol. The molecule has 2 aromatic rings. The second-order valence-corrected chi connectivity index (χ2v) is 5.88. The van der Waals surface area contributed by atoms with Crippen molar-refractivity contribution in [3.8, 4) is 0 Å². The van der Waals surface area contributed by atoms with Crippen LogP contribution in [0.1, 0.15) is 59.7 Å². The molecule has 3 rings (SSSR count). The molecular weight excluding hydrogens is 244 g/mol. The smallest absolute Gasteiger partial charge is 0.163 e. The van der Waals surface area contributed by atoms with Gasteiger partial charge in [-0.1, -0.05) is 37.6 Å². The van der Waals surface area contributed by atoms with E-state index in [9.17, 15) is 4.79 Å². The maximum absolute atomic E-state index is 12.6. The average Bonchev–Trinajstić information content (AvgIpc) is 2.95. The molecular formula is C19H22O. The van der Waals surface area contributed by atoms with Crippen molar-refractivity contribution in [1.29, 1.82) is 0 Å². The third kappa shape index (κ3) is 2.06. The molecule has 0 amide bonds. The fourth-order valence-corrected chi connectivity index (χ4v) is 3.59. The summed E-state index contributed by atoms with van der Waals surface area (Å²) in [6.07, 6.45) is 6.28. The summed E-state index contributed by atoms with van der Waals surface area (Å²) in [5, 5.41) is 2.48. The second kappa shape index (κ2) is 5.40. The molecule has 20 heavy (non-hydrogen) atoms. The maximum Gasteiger partial charge on any atom is 0.163 e. The van der Waals surface area contributed by atoms with Crippen LogP contribution >= 0.6 is 0 Å². The van der Waals surface area contributed by atoms with Gasteiger partial charge in [0.05, 0.1) is 0 Å². The van der Waals surface area contributed by atoms with Crippen molar-refractivity contribution >= 4 is 16.6 Å². The predicted octanol–water partition coefficient (Wildman–Crippen LogP) is 5.01. The molecule has 0 fully saturated rings. The van der Waals surface area contributed by atoms with Crippen LogP contribution in [0.25, 0.3) is 10.8 Å². The Labute approximate surface area is 121 Å². The summed E-state index contributed by atoms with van der Waals surface area (Å²) in [4.78, 5) is 12.6. The van der Waals surface area contributed by atoms with Crippen molar-refractivity contribution in [3.63, 3.8) is 0 Å². The molecule has 0 atom stereocenters. The third-order valence-electron chi connectivity index (χ3n) is 4.60. The lowest BCUT2D eigenvalue weighted by molar-refractivity contribution is 0.0980. The van der Waals surface area contributed by atoms with Gasteiger partial charge >= 0.3 is 0 Å². The van der Waals surface area contributed by atoms with Crippen molar-refractivity contribution in [2.75, 3.05) is 0 Å². The monoisotopic (exact) mass is 266 g/mol. The molecule has 0 aliphatic heterocycles. The van der Waals surface area contributed by atoms with Gasteiger partial charge in [-0.05, 0) is 60.1 Å². The Hall–Kier alpha value is -1.63. The zero-order valence-electron chi connectivity index (χ0n) is 12.5. The van der Waals surface area contributed by atoms with E-state index in [4.69, 9.17) is 0 Å². The number of aryl methyl sites for hydroxylation is 1. The Morgan fingerprint density at radius 3 is 2.55 bits per heavy atom. The number of carbonyl (C=O) groups is 1. The Morgan fingerprint density at radius 1 is 1.10 bits per heavy atom. The molecule has 1 heteroatoms. The van der Waals surface area contributed by atoms with E-state index in [1.165, 1.54) is 40.3 Å². The fraction of sp³-hybridized carbons (Fsp3) is 0.421. The van der Waals surface area contributed by atoms with Gasteiger partial charge in [0.2, 0.25) is 0 Å². The summed E-state index contributed by atoms with van der Waals surface area (Å²) in [5.74, 6) is 0.329. The van der Waals surface area contributed by atoms with Crippen LogP contribution in [-0.2, 0) is 12.8 Å². The van der Waals surface area contributed by atoms with E-state index >= 15 is 0 Å². The van der Waals surface area contributed by atoms with Crippen LogP contribution in [0, 0.1) is 6.92 Å². The summed E-state index contributed by atoms with van der Waals surface area (Å²) in [5.41, 5.74) is 5.18. The van der Waals surface area contributed by atoms with E-state index in [-0.39, 0.29) is 0 Å². The zero-order valence-corrected chi connectivity index (χ0v) is 12.5. The molecule has 0 aromatic heterocycles. The lowest BCUT2D eigenvalue weighted by Crippen LogP contribution is -2.06. The highest BCUT2D eigenvalue weighted by atomic mass is 16.1. The van der Waals surface area contributed by atoms with Crippen LogP contribution in [0.5, 0.6) is 0 Å². The number of hydrogen-bond donors (Lipinski definition) is 0. The summed E-state index contributed by atoms with van der Waals surface area (Å²) < 4.78 is 0. The van der Waals surface area contributed by atoms with E-state index in [1.54, 1.807) is 0 Å². The van der Waals surface area contributed by atoms with E-state index in [2.05, 4.69) is 38.1 Å². The Kier molecular flexibility index (Phi) is 3.60. The molecule has 2 aromatic carbocycles. The van der Waals surface area contributed by atoms with Crippen LogP contribution in [0.15, 0.2) is 24.3 Å². The minimum atomic E-state index is 0.329. The van der Waals surface area contributed by atoms with Crippen LogP contribution in [0.3, 0.4) is 0 Å². The molecule has 1 aliphatic rings. The van der Waals surface area contributed by atoms with E-state index < -0.39 is 0 Å². The minimum Gasteiger partial charge on any atom is -0.294 e. The molecule has 0 saturated carbocycles. The maximum atomic E-state index is 12.6. The molecule has 0 spiro atoms. The van der Waals surface area contributed by atoms with Gasteiger partial charge in [-0.3, -0.25) is 4.79 Å². The first-order valence-corrected chi connectivity index (χ1v) is 7.80. The lowest BCUT2D eigenvalue weighted by Gasteiger charge is -2.15. The Balaban J connectivity index is 2.23. The molecule has 0 heterocycles. The van der Waals surface area contributed by atoms with E-state index in [1.807, 2.05) is 0 Å². The summed E-state index contributed by atoms with van der Waals surface area (Å²) in [7, 11) is 0. The van der Waals surface area contributed by atoms with Gasteiger partial charge in [0.1, 0.15) is 0 Å². The Bertz CT molecular complexity index is 667. The first-order valence-electron chi connectivity index (χ1n) is 7.80. The Morgan fingerprint density at radius 2 is 1.80 bits per heavy atom. The first-order chi connectivity index (χ1) is 9.74. The first kappa shape index (κ1) is 13.4. The average molecular weight is 266 g/mol. The third-order valence-corrected chi connectivity index (χ3v) is 4.60. The summed E-state index contributed by atoms with van der Waals surface area (Å²) in [6.45, 7) is 4.29. The largest absolute Gasteiger partial charge is 0.294 e. The fourth-order valence-electron chi connectivity index (χ4n) is 3.59. The number of hydrogen-bond acceptors (Lipinski definition) is 1. The number of Topliss-reactive ketones (excluding diaryl/α,β-unsaturated/α-hetero) is 1. The van der Waals surface area contributed by atoms with Crippen LogP contribution < -0.4 is 0 Å². The lowest BCUT2D eigenvalue weighted by atomic mass is 9.88. The number of fused-ring (bicyclic) bond motifs is 3. The summed E-state index contributed by atoms with van der Waals surface area (Å²) in [6, 6.07) is 8.46. The molecule has 0 bridgehead atoms. The number of rotatable bonds is 4. The van der Waals surface area contributed by atoms with E-state index in [0.29, 0.717) is 12.2 Å². The number of ketones is 1. The van der Waals surface area contributed by atoms with Crippen molar-refractivity contribution in [2.45, 2.75) is 52.4 Å². The minimum absolute atomic E-state index is 0.329. The van der Waals surface area contributed by atoms with Gasteiger partial charge in [-0.15, -0.1) is 0 Å². The number of unbranched alkanes of at least 4 members (excludes halogenated alkanes) is 1. The van der Waals surface area contributed by atoms with E-state index in [0.717, 1.165) is 24.8 Å². The molecule has 0 radical (unpaired) electrons. The van der Waals surface area contributed by atoms with Crippen LogP contribution in [-0.4, -0.2) is 5.78 Å². The standard InChI is InChI=1S/C19H22O/c1-3-4-12-18(20)19-13(2)14-10-7-11-15(14)16-8-5-6-9-17(16)19/h5-6,8-9H,3-4,7,10-12H2,1-2H3. The SMILES string of the molecule is CCCCC(=O)c1c(C)c2c(c3ccccc13)CCC2. The van der Waals surface area contributed by atoms with Crippen LogP contribution in [0.4, 0.5) is 0 Å². The van der Waals surface area contributed by atoms with Gasteiger partial charge in [0.25, 0.3) is 0 Å². The summed E-state index contributed by atoms with van der Waals surface area (Å²) >= 11 is 0. The van der Waals surface area contributed by atoms with Gasteiger partial charge in [-0.25, -0.2) is 0 Å². The zero-order chi connectivity index (χ0) is 14.1. The van der Waals surface area contributed by atoms with Gasteiger partial charge in [-0.2, -0.15) is 0 Å². The molecule has 0 N–H and O–H groups in total. The molecule has 104 valence electrons. The topological polar surface area (TPSA) is 17.1 Å². The van der Waals surface area contributed by atoms with Gasteiger partial charge < -0.3 is 0 Å². The molecule has 0 unspecified atom stereocenters. The molecule has 0 saturated heterocycles.